The molecule has 0 atom stereocenters. The van der Waals surface area contributed by atoms with Gasteiger partial charge in [-0.2, -0.15) is 0 Å². The first-order valence-electron chi connectivity index (χ1n) is 10.3. The van der Waals surface area contributed by atoms with Crippen LogP contribution in [-0.4, -0.2) is 81.9 Å². The molecule has 30 heavy (non-hydrogen) atoms. The lowest BCUT2D eigenvalue weighted by Crippen LogP contribution is -2.41. The zero-order valence-corrected chi connectivity index (χ0v) is 18.4. The number of nitrogens with two attached hydrogens (primary N) is 1. The third-order valence-electron chi connectivity index (χ3n) is 5.08. The molecule has 1 aromatic rings. The zero-order chi connectivity index (χ0) is 22.0. The molecule has 1 fully saturated rings. The summed E-state index contributed by atoms with van der Waals surface area (Å²) < 4.78 is 27.9. The van der Waals surface area contributed by atoms with Crippen LogP contribution in [0.1, 0.15) is 38.2 Å². The molecule has 3 N–H and O–H groups in total. The van der Waals surface area contributed by atoms with Gasteiger partial charge in [0.05, 0.1) is 50.8 Å². The van der Waals surface area contributed by atoms with Gasteiger partial charge in [-0.1, -0.05) is 6.07 Å². The predicted octanol–water partition coefficient (Wildman–Crippen LogP) is 0.119. The number of rotatable bonds is 13. The fraction of sp³-hybridized carbons (Fsp3) is 0.700. The highest BCUT2D eigenvalue weighted by Gasteiger charge is 2.51. The van der Waals surface area contributed by atoms with E-state index in [0.29, 0.717) is 58.4 Å². The lowest BCUT2D eigenvalue weighted by atomic mass is 9.80. The Balaban J connectivity index is 1.61. The highest BCUT2D eigenvalue weighted by atomic mass is 16.7. The number of nitrogens with zero attached hydrogens (tertiary/aromatic N) is 1. The fourth-order valence-corrected chi connectivity index (χ4v) is 2.61. The SMILES string of the molecule is CC1(C)OB(c2ccc(C(=O)NCCOCCOCCOCCN)nc2)OC1(C)C. The molecule has 0 unspecified atom stereocenters. The van der Waals surface area contributed by atoms with Gasteiger partial charge < -0.3 is 34.6 Å². The van der Waals surface area contributed by atoms with Crippen LogP contribution < -0.4 is 16.5 Å². The second-order valence-corrected chi connectivity index (χ2v) is 7.95. The molecular weight excluding hydrogens is 389 g/mol. The van der Waals surface area contributed by atoms with Crippen molar-refractivity contribution in [2.45, 2.75) is 38.9 Å². The van der Waals surface area contributed by atoms with Gasteiger partial charge in [-0.3, -0.25) is 9.78 Å². The molecule has 1 aliphatic rings. The molecule has 0 spiro atoms. The average Bonchev–Trinajstić information content (AvgIpc) is 2.93. The summed E-state index contributed by atoms with van der Waals surface area (Å²) in [6.45, 7) is 11.8. The van der Waals surface area contributed by atoms with E-state index in [9.17, 15) is 4.79 Å². The summed E-state index contributed by atoms with van der Waals surface area (Å²) in [6, 6.07) is 3.46. The van der Waals surface area contributed by atoms with Crippen molar-refractivity contribution in [3.8, 4) is 0 Å². The van der Waals surface area contributed by atoms with E-state index >= 15 is 0 Å². The molecule has 1 aromatic heterocycles. The lowest BCUT2D eigenvalue weighted by Gasteiger charge is -2.32. The molecule has 0 aliphatic carbocycles. The molecule has 0 bridgehead atoms. The van der Waals surface area contributed by atoms with Gasteiger partial charge in [0.1, 0.15) is 5.69 Å². The Morgan fingerprint density at radius 2 is 1.57 bits per heavy atom. The molecule has 1 amide bonds. The number of hydrogen-bond donors (Lipinski definition) is 2. The summed E-state index contributed by atoms with van der Waals surface area (Å²) in [5, 5.41) is 2.78. The summed E-state index contributed by atoms with van der Waals surface area (Å²) in [4.78, 5) is 16.4. The van der Waals surface area contributed by atoms with E-state index in [1.807, 2.05) is 27.7 Å². The number of amides is 1. The van der Waals surface area contributed by atoms with Gasteiger partial charge in [0.25, 0.3) is 5.91 Å². The molecule has 0 radical (unpaired) electrons. The number of carbonyl (C=O) groups excluding carboxylic acids is 1. The average molecular weight is 423 g/mol. The van der Waals surface area contributed by atoms with E-state index < -0.39 is 18.3 Å². The van der Waals surface area contributed by atoms with Gasteiger partial charge in [-0.15, -0.1) is 0 Å². The summed E-state index contributed by atoms with van der Waals surface area (Å²) in [7, 11) is -0.498. The van der Waals surface area contributed by atoms with Crippen molar-refractivity contribution < 1.29 is 28.3 Å². The van der Waals surface area contributed by atoms with Crippen LogP contribution in [0.2, 0.25) is 0 Å². The van der Waals surface area contributed by atoms with Crippen molar-refractivity contribution in [1.82, 2.24) is 10.3 Å². The molecule has 0 saturated carbocycles. The summed E-state index contributed by atoms with van der Waals surface area (Å²) in [6.07, 6.45) is 1.61. The van der Waals surface area contributed by atoms with Gasteiger partial charge in [0.2, 0.25) is 0 Å². The molecule has 10 heteroatoms. The predicted molar refractivity (Wildman–Crippen MR) is 114 cm³/mol. The topological polar surface area (TPSA) is 114 Å². The molecule has 2 heterocycles. The normalized spacial score (nSPS) is 17.3. The second-order valence-electron chi connectivity index (χ2n) is 7.95. The maximum absolute atomic E-state index is 12.2. The van der Waals surface area contributed by atoms with Crippen LogP contribution in [0.25, 0.3) is 0 Å². The first-order valence-corrected chi connectivity index (χ1v) is 10.3. The third-order valence-corrected chi connectivity index (χ3v) is 5.08. The molecule has 1 aliphatic heterocycles. The Morgan fingerprint density at radius 1 is 1.00 bits per heavy atom. The van der Waals surface area contributed by atoms with Gasteiger partial charge in [-0.05, 0) is 33.8 Å². The van der Waals surface area contributed by atoms with Crippen molar-refractivity contribution >= 4 is 18.5 Å². The van der Waals surface area contributed by atoms with E-state index in [1.165, 1.54) is 0 Å². The van der Waals surface area contributed by atoms with E-state index in [2.05, 4.69) is 10.3 Å². The molecule has 1 saturated heterocycles. The van der Waals surface area contributed by atoms with E-state index in [4.69, 9.17) is 29.3 Å². The van der Waals surface area contributed by atoms with Gasteiger partial charge >= 0.3 is 7.12 Å². The van der Waals surface area contributed by atoms with Crippen LogP contribution in [-0.2, 0) is 23.5 Å². The van der Waals surface area contributed by atoms with E-state index in [0.717, 1.165) is 5.46 Å². The number of nitrogens with one attached hydrogen (secondary N) is 1. The second kappa shape index (κ2) is 11.7. The van der Waals surface area contributed by atoms with Gasteiger partial charge in [0, 0.05) is 24.7 Å². The highest BCUT2D eigenvalue weighted by Crippen LogP contribution is 2.36. The van der Waals surface area contributed by atoms with E-state index in [1.54, 1.807) is 18.3 Å². The molecule has 168 valence electrons. The van der Waals surface area contributed by atoms with E-state index in [-0.39, 0.29) is 5.91 Å². The number of carbonyl (C=O) groups is 1. The quantitative estimate of drug-likeness (QED) is 0.340. The minimum absolute atomic E-state index is 0.257. The summed E-state index contributed by atoms with van der Waals surface area (Å²) >= 11 is 0. The van der Waals surface area contributed by atoms with Crippen molar-refractivity contribution in [3.63, 3.8) is 0 Å². The summed E-state index contributed by atoms with van der Waals surface area (Å²) in [5.74, 6) is -0.257. The standard InChI is InChI=1S/C20H34BN3O6/c1-19(2)20(3,4)30-21(29-19)16-5-6-17(24-15-16)18(25)23-8-10-27-12-14-28-13-11-26-9-7-22/h5-6,15H,7-14,22H2,1-4H3,(H,23,25). The zero-order valence-electron chi connectivity index (χ0n) is 18.4. The van der Waals surface area contributed by atoms with Crippen molar-refractivity contribution in [2.75, 3.05) is 52.7 Å². The minimum Gasteiger partial charge on any atom is -0.399 e. The van der Waals surface area contributed by atoms with Crippen LogP contribution in [0.4, 0.5) is 0 Å². The number of ether oxygens (including phenoxy) is 3. The Hall–Kier alpha value is -1.56. The van der Waals surface area contributed by atoms with Crippen LogP contribution in [0.5, 0.6) is 0 Å². The van der Waals surface area contributed by atoms with Crippen LogP contribution in [0.3, 0.4) is 0 Å². The van der Waals surface area contributed by atoms with Crippen molar-refractivity contribution in [2.24, 2.45) is 5.73 Å². The lowest BCUT2D eigenvalue weighted by molar-refractivity contribution is 0.00578. The minimum atomic E-state index is -0.498. The third kappa shape index (κ3) is 7.30. The first kappa shape index (κ1) is 24.7. The summed E-state index contributed by atoms with van der Waals surface area (Å²) in [5.41, 5.74) is 5.59. The Kier molecular flexibility index (Phi) is 9.67. The molecule has 2 rings (SSSR count). The largest absolute Gasteiger partial charge is 0.496 e. The first-order chi connectivity index (χ1) is 14.3. The van der Waals surface area contributed by atoms with Gasteiger partial charge in [0.15, 0.2) is 0 Å². The van der Waals surface area contributed by atoms with Gasteiger partial charge in [-0.25, -0.2) is 0 Å². The fourth-order valence-electron chi connectivity index (χ4n) is 2.61. The molecule has 0 aromatic carbocycles. The monoisotopic (exact) mass is 423 g/mol. The van der Waals surface area contributed by atoms with Crippen LogP contribution >= 0.6 is 0 Å². The Bertz CT molecular complexity index is 640. The number of hydrogen-bond acceptors (Lipinski definition) is 8. The Morgan fingerprint density at radius 3 is 2.10 bits per heavy atom. The highest BCUT2D eigenvalue weighted by molar-refractivity contribution is 6.62. The maximum Gasteiger partial charge on any atom is 0.496 e. The van der Waals surface area contributed by atoms with Crippen molar-refractivity contribution in [1.29, 1.82) is 0 Å². The maximum atomic E-state index is 12.2. The Labute approximate surface area is 179 Å². The van der Waals surface area contributed by atoms with Crippen molar-refractivity contribution in [3.05, 3.63) is 24.0 Å². The molecular formula is C20H34BN3O6. The number of pyridine rings is 1. The molecule has 9 nitrogen and oxygen atoms in total. The van der Waals surface area contributed by atoms with Crippen LogP contribution in [0.15, 0.2) is 18.3 Å². The smallest absolute Gasteiger partial charge is 0.399 e. The number of aromatic nitrogens is 1. The van der Waals surface area contributed by atoms with Crippen LogP contribution in [0, 0.1) is 0 Å².